The zero-order valence-corrected chi connectivity index (χ0v) is 15.0. The molecule has 0 radical (unpaired) electrons. The molecule has 8 nitrogen and oxygen atoms in total. The number of rotatable bonds is 9. The monoisotopic (exact) mass is 358 g/mol. The minimum Gasteiger partial charge on any atom is -0.367 e. The van der Waals surface area contributed by atoms with Crippen LogP contribution >= 0.6 is 0 Å². The van der Waals surface area contributed by atoms with Crippen molar-refractivity contribution in [2.45, 2.75) is 51.5 Å². The second-order valence-electron chi connectivity index (χ2n) is 6.87. The van der Waals surface area contributed by atoms with Crippen LogP contribution in [0.5, 0.6) is 0 Å². The maximum absolute atomic E-state index is 12.3. The number of anilines is 1. The van der Waals surface area contributed by atoms with Gasteiger partial charge in [-0.15, -0.1) is 0 Å². The van der Waals surface area contributed by atoms with Gasteiger partial charge in [-0.25, -0.2) is 9.97 Å². The third-order valence-electron chi connectivity index (χ3n) is 4.98. The van der Waals surface area contributed by atoms with E-state index >= 15 is 0 Å². The van der Waals surface area contributed by atoms with Crippen molar-refractivity contribution in [3.05, 3.63) is 18.1 Å². The van der Waals surface area contributed by atoms with Crippen molar-refractivity contribution >= 4 is 28.7 Å². The molecule has 1 unspecified atom stereocenters. The van der Waals surface area contributed by atoms with Crippen LogP contribution in [-0.4, -0.2) is 39.4 Å². The Labute approximate surface area is 152 Å². The van der Waals surface area contributed by atoms with Gasteiger partial charge in [-0.2, -0.15) is 0 Å². The first-order chi connectivity index (χ1) is 12.6. The van der Waals surface area contributed by atoms with E-state index in [1.807, 2.05) is 0 Å². The van der Waals surface area contributed by atoms with Gasteiger partial charge in [-0.05, 0) is 19.3 Å². The number of aromatic nitrogens is 3. The summed E-state index contributed by atoms with van der Waals surface area (Å²) in [7, 11) is 0. The molecule has 2 aromatic heterocycles. The average Bonchev–Trinajstić information content (AvgIpc) is 3.00. The molecule has 0 aliphatic heterocycles. The fourth-order valence-electron chi connectivity index (χ4n) is 3.18. The van der Waals surface area contributed by atoms with Gasteiger partial charge in [0.1, 0.15) is 17.8 Å². The van der Waals surface area contributed by atoms with E-state index in [1.165, 1.54) is 6.33 Å². The summed E-state index contributed by atoms with van der Waals surface area (Å²) in [5.41, 5.74) is 6.35. The lowest BCUT2D eigenvalue weighted by Crippen LogP contribution is -2.44. The summed E-state index contributed by atoms with van der Waals surface area (Å²) in [5.74, 6) is 0.321. The standard InChI is InChI=1S/C18H26N6O2/c1-2-3-7-12(24-18(26)11-5-4-6-11)8-20-16-14-13(15(19)25)9-21-17(14)23-10-22-16/h9-12H,2-8H2,1H3,(H2,19,25)(H,24,26)(H2,20,21,22,23). The number of nitrogens with two attached hydrogens (primary N) is 1. The average molecular weight is 358 g/mol. The zero-order valence-electron chi connectivity index (χ0n) is 15.0. The van der Waals surface area contributed by atoms with Gasteiger partial charge in [0.25, 0.3) is 5.91 Å². The Hall–Kier alpha value is -2.64. The lowest BCUT2D eigenvalue weighted by molar-refractivity contribution is -0.128. The molecule has 2 heterocycles. The summed E-state index contributed by atoms with van der Waals surface area (Å²) < 4.78 is 0. The summed E-state index contributed by atoms with van der Waals surface area (Å²) in [6.07, 6.45) is 9.07. The van der Waals surface area contributed by atoms with Gasteiger partial charge in [0.2, 0.25) is 5.91 Å². The van der Waals surface area contributed by atoms with E-state index in [0.717, 1.165) is 38.5 Å². The number of carbonyl (C=O) groups is 2. The second-order valence-corrected chi connectivity index (χ2v) is 6.87. The van der Waals surface area contributed by atoms with E-state index in [0.29, 0.717) is 29.0 Å². The summed E-state index contributed by atoms with van der Waals surface area (Å²) in [6.45, 7) is 2.67. The largest absolute Gasteiger partial charge is 0.367 e. The Bertz CT molecular complexity index is 783. The molecule has 0 bridgehead atoms. The van der Waals surface area contributed by atoms with E-state index in [9.17, 15) is 9.59 Å². The molecule has 1 saturated carbocycles. The highest BCUT2D eigenvalue weighted by atomic mass is 16.2. The first kappa shape index (κ1) is 18.2. The van der Waals surface area contributed by atoms with Crippen LogP contribution in [0.4, 0.5) is 5.82 Å². The van der Waals surface area contributed by atoms with Gasteiger partial charge in [-0.3, -0.25) is 9.59 Å². The molecule has 8 heteroatoms. The van der Waals surface area contributed by atoms with Gasteiger partial charge in [0.05, 0.1) is 10.9 Å². The zero-order chi connectivity index (χ0) is 18.5. The third-order valence-corrected chi connectivity index (χ3v) is 4.98. The lowest BCUT2D eigenvalue weighted by Gasteiger charge is -2.27. The van der Waals surface area contributed by atoms with Crippen LogP contribution in [0.25, 0.3) is 11.0 Å². The minimum atomic E-state index is -0.532. The summed E-state index contributed by atoms with van der Waals surface area (Å²) in [5, 5.41) is 7.01. The Kier molecular flexibility index (Phi) is 5.70. The first-order valence-corrected chi connectivity index (χ1v) is 9.26. The second kappa shape index (κ2) is 8.16. The van der Waals surface area contributed by atoms with Gasteiger partial charge in [0, 0.05) is 24.7 Å². The van der Waals surface area contributed by atoms with E-state index < -0.39 is 5.91 Å². The van der Waals surface area contributed by atoms with Crippen LogP contribution in [-0.2, 0) is 4.79 Å². The Morgan fingerprint density at radius 3 is 2.85 bits per heavy atom. The van der Waals surface area contributed by atoms with E-state index in [1.54, 1.807) is 6.20 Å². The van der Waals surface area contributed by atoms with Crippen molar-refractivity contribution < 1.29 is 9.59 Å². The predicted octanol–water partition coefficient (Wildman–Crippen LogP) is 1.94. The summed E-state index contributed by atoms with van der Waals surface area (Å²) in [6, 6.07) is 0.0176. The van der Waals surface area contributed by atoms with Crippen LogP contribution in [0.2, 0.25) is 0 Å². The number of aromatic amines is 1. The van der Waals surface area contributed by atoms with Crippen LogP contribution in [0.15, 0.2) is 12.5 Å². The van der Waals surface area contributed by atoms with Gasteiger partial charge < -0.3 is 21.4 Å². The van der Waals surface area contributed by atoms with Gasteiger partial charge in [0.15, 0.2) is 0 Å². The molecule has 140 valence electrons. The van der Waals surface area contributed by atoms with Crippen molar-refractivity contribution in [3.8, 4) is 0 Å². The molecule has 0 spiro atoms. The normalized spacial score (nSPS) is 15.4. The SMILES string of the molecule is CCCCC(CNc1ncnc2[nH]cc(C(N)=O)c12)NC(=O)C1CCC1. The number of hydrogen-bond acceptors (Lipinski definition) is 5. The van der Waals surface area contributed by atoms with Crippen molar-refractivity contribution in [2.75, 3.05) is 11.9 Å². The topological polar surface area (TPSA) is 126 Å². The number of nitrogens with one attached hydrogen (secondary N) is 3. The number of unbranched alkanes of at least 4 members (excludes halogenated alkanes) is 1. The number of primary amides is 1. The number of fused-ring (bicyclic) bond motifs is 1. The molecule has 1 aliphatic rings. The quantitative estimate of drug-likeness (QED) is 0.545. The summed E-state index contributed by atoms with van der Waals surface area (Å²) in [4.78, 5) is 35.2. The maximum atomic E-state index is 12.3. The number of carbonyl (C=O) groups excluding carboxylic acids is 2. The fraction of sp³-hybridized carbons (Fsp3) is 0.556. The highest BCUT2D eigenvalue weighted by molar-refractivity contribution is 6.08. The van der Waals surface area contributed by atoms with Crippen LogP contribution < -0.4 is 16.4 Å². The molecule has 2 aromatic rings. The molecule has 1 atom stereocenters. The Balaban J connectivity index is 1.71. The molecule has 1 aliphatic carbocycles. The van der Waals surface area contributed by atoms with E-state index in [2.05, 4.69) is 32.5 Å². The predicted molar refractivity (Wildman–Crippen MR) is 99.7 cm³/mol. The van der Waals surface area contributed by atoms with E-state index in [4.69, 9.17) is 5.73 Å². The molecule has 0 aromatic carbocycles. The fourth-order valence-corrected chi connectivity index (χ4v) is 3.18. The number of amides is 2. The van der Waals surface area contributed by atoms with Crippen molar-refractivity contribution in [1.29, 1.82) is 0 Å². The lowest BCUT2D eigenvalue weighted by atomic mass is 9.84. The van der Waals surface area contributed by atoms with Crippen molar-refractivity contribution in [3.63, 3.8) is 0 Å². The smallest absolute Gasteiger partial charge is 0.251 e. The molecule has 0 saturated heterocycles. The Morgan fingerprint density at radius 2 is 2.19 bits per heavy atom. The Morgan fingerprint density at radius 1 is 1.38 bits per heavy atom. The first-order valence-electron chi connectivity index (χ1n) is 9.26. The van der Waals surface area contributed by atoms with E-state index in [-0.39, 0.29) is 17.9 Å². The van der Waals surface area contributed by atoms with Crippen LogP contribution in [0.1, 0.15) is 55.8 Å². The third kappa shape index (κ3) is 3.95. The molecular formula is C18H26N6O2. The van der Waals surface area contributed by atoms with Gasteiger partial charge in [-0.1, -0.05) is 26.2 Å². The van der Waals surface area contributed by atoms with Crippen molar-refractivity contribution in [2.24, 2.45) is 11.7 Å². The van der Waals surface area contributed by atoms with Crippen LogP contribution in [0.3, 0.4) is 0 Å². The van der Waals surface area contributed by atoms with Gasteiger partial charge >= 0.3 is 0 Å². The maximum Gasteiger partial charge on any atom is 0.251 e. The number of nitrogens with zero attached hydrogens (tertiary/aromatic N) is 2. The number of hydrogen-bond donors (Lipinski definition) is 4. The number of H-pyrrole nitrogens is 1. The molecule has 26 heavy (non-hydrogen) atoms. The molecule has 2 amide bonds. The molecular weight excluding hydrogens is 332 g/mol. The van der Waals surface area contributed by atoms with Crippen molar-refractivity contribution in [1.82, 2.24) is 20.3 Å². The molecule has 5 N–H and O–H groups in total. The minimum absolute atomic E-state index is 0.0176. The highest BCUT2D eigenvalue weighted by Crippen LogP contribution is 2.27. The summed E-state index contributed by atoms with van der Waals surface area (Å²) >= 11 is 0. The van der Waals surface area contributed by atoms with Crippen LogP contribution in [0, 0.1) is 5.92 Å². The molecule has 3 rings (SSSR count). The highest BCUT2D eigenvalue weighted by Gasteiger charge is 2.27. The molecule has 1 fully saturated rings.